The van der Waals surface area contributed by atoms with Crippen LogP contribution >= 0.6 is 25.3 Å². The van der Waals surface area contributed by atoms with E-state index in [4.69, 9.17) is 22.9 Å². The van der Waals surface area contributed by atoms with Gasteiger partial charge in [-0.3, -0.25) is 52.9 Å². The van der Waals surface area contributed by atoms with Crippen molar-refractivity contribution in [2.45, 2.75) is 120 Å². The minimum atomic E-state index is -1.49. The van der Waals surface area contributed by atoms with E-state index in [1.807, 2.05) is 0 Å². The number of hydrogen-bond acceptors (Lipinski definition) is 14. The van der Waals surface area contributed by atoms with Crippen molar-refractivity contribution in [1.29, 1.82) is 0 Å². The molecule has 0 unspecified atom stereocenters. The number of aromatic hydroxyl groups is 1. The van der Waals surface area contributed by atoms with Crippen LogP contribution in [0.25, 0.3) is 0 Å². The zero-order chi connectivity index (χ0) is 54.9. The van der Waals surface area contributed by atoms with E-state index >= 15 is 0 Å². The second-order valence-electron chi connectivity index (χ2n) is 18.1. The van der Waals surface area contributed by atoms with Crippen molar-refractivity contribution >= 4 is 90.3 Å². The molecule has 0 spiro atoms. The third-order valence-corrected chi connectivity index (χ3v) is 12.2. The fourth-order valence-electron chi connectivity index (χ4n) is 7.88. The maximum atomic E-state index is 14.3. The number of primary amides is 2. The van der Waals surface area contributed by atoms with Crippen molar-refractivity contribution in [2.75, 3.05) is 31.1 Å². The van der Waals surface area contributed by atoms with Gasteiger partial charge in [0.1, 0.15) is 48.0 Å². The zero-order valence-corrected chi connectivity index (χ0v) is 43.3. The lowest BCUT2D eigenvalue weighted by Crippen LogP contribution is -2.60. The number of amides is 10. The summed E-state index contributed by atoms with van der Waals surface area (Å²) in [5.41, 5.74) is 22.7. The number of guanidine groups is 1. The van der Waals surface area contributed by atoms with Gasteiger partial charge in [0.2, 0.25) is 59.1 Å². The molecule has 1 aliphatic rings. The molecule has 3 rings (SSSR count). The van der Waals surface area contributed by atoms with E-state index in [0.29, 0.717) is 17.5 Å². The molecule has 24 nitrogen and oxygen atoms in total. The Balaban J connectivity index is 1.85. The van der Waals surface area contributed by atoms with Crippen molar-refractivity contribution in [3.05, 3.63) is 65.7 Å². The van der Waals surface area contributed by atoms with Gasteiger partial charge in [-0.1, -0.05) is 56.3 Å². The van der Waals surface area contributed by atoms with Gasteiger partial charge in [0.15, 0.2) is 5.96 Å². The molecule has 2 aromatic carbocycles. The maximum absolute atomic E-state index is 14.3. The van der Waals surface area contributed by atoms with E-state index in [1.165, 1.54) is 17.0 Å². The Morgan fingerprint density at radius 2 is 1.22 bits per heavy atom. The lowest BCUT2D eigenvalue weighted by Gasteiger charge is -2.30. The van der Waals surface area contributed by atoms with Crippen LogP contribution in [0.3, 0.4) is 0 Å². The first kappa shape index (κ1) is 61.2. The van der Waals surface area contributed by atoms with Gasteiger partial charge in [-0.05, 0) is 73.5 Å². The summed E-state index contributed by atoms with van der Waals surface area (Å²) in [6.45, 7) is 3.30. The number of phenols is 1. The van der Waals surface area contributed by atoms with E-state index in [-0.39, 0.29) is 100 Å². The van der Waals surface area contributed by atoms with Crippen molar-refractivity contribution in [3.8, 4) is 5.75 Å². The Kier molecular flexibility index (Phi) is 26.0. The number of aliphatic imine (C=N–C) groups is 1. The summed E-state index contributed by atoms with van der Waals surface area (Å²) in [6.07, 6.45) is 0.163. The molecular formula is C48H71N13O11S2. The monoisotopic (exact) mass is 1070 g/mol. The molecule has 0 saturated carbocycles. The minimum Gasteiger partial charge on any atom is -0.508 e. The largest absolute Gasteiger partial charge is 0.508 e. The molecular weight excluding hydrogens is 999 g/mol. The standard InChI is InChI=1S/C48H71N13O11S2/c1-27(2)22-33(58-45(70)35(23-28-8-4-3-5-9-28)59-44(69)34(55-40(65)18-21-73)24-29-12-14-30(62)15-13-29)43(68)56-32(16-17-38(49)63)42(67)60-36(26-74)47(72)61-20-7-11-37(61)46(71)57-31(10-6-19-53-48(51)52)41(66)54-25-39(50)64/h3-5,8-9,12-15,27,31-37,62,73-74H,6-7,10-11,16-26H2,1-2H3,(H2,49,63)(H2,50,64)(H,54,66)(H,55,65)(H,56,68)(H,57,71)(H,58,70)(H,59,69)(H,60,67)(H4,51,52,53)/t31-,32+,33+,34+,35+,36+,37+/m1/s1. The van der Waals surface area contributed by atoms with Gasteiger partial charge >= 0.3 is 0 Å². The number of carbonyl (C=O) groups is 10. The number of thiol groups is 2. The van der Waals surface area contributed by atoms with E-state index in [0.717, 1.165) is 0 Å². The number of phenolic OH excluding ortho intramolecular Hbond substituents is 1. The van der Waals surface area contributed by atoms with Crippen molar-refractivity contribution in [2.24, 2.45) is 33.8 Å². The molecule has 7 atom stereocenters. The highest BCUT2D eigenvalue weighted by molar-refractivity contribution is 7.80. The fraction of sp³-hybridized carbons (Fsp3) is 0.521. The van der Waals surface area contributed by atoms with Gasteiger partial charge in [-0.15, -0.1) is 0 Å². The Bertz CT molecular complexity index is 2290. The molecule has 406 valence electrons. The fourth-order valence-corrected chi connectivity index (χ4v) is 8.33. The molecule has 1 fully saturated rings. The topological polar surface area (TPSA) is 395 Å². The van der Waals surface area contributed by atoms with E-state index in [9.17, 15) is 53.1 Å². The molecule has 16 N–H and O–H groups in total. The molecule has 0 aromatic heterocycles. The molecule has 0 radical (unpaired) electrons. The van der Waals surface area contributed by atoms with Gasteiger partial charge in [0.05, 0.1) is 6.54 Å². The highest BCUT2D eigenvalue weighted by Gasteiger charge is 2.40. The Labute approximate surface area is 440 Å². The maximum Gasteiger partial charge on any atom is 0.246 e. The highest BCUT2D eigenvalue weighted by atomic mass is 32.1. The molecule has 2 aromatic rings. The van der Waals surface area contributed by atoms with Gasteiger partial charge in [-0.25, -0.2) is 0 Å². The molecule has 0 bridgehead atoms. The van der Waals surface area contributed by atoms with Crippen LogP contribution in [0.2, 0.25) is 0 Å². The van der Waals surface area contributed by atoms with Gasteiger partial charge < -0.3 is 70.2 Å². The van der Waals surface area contributed by atoms with Crippen molar-refractivity contribution < 1.29 is 53.1 Å². The van der Waals surface area contributed by atoms with Gasteiger partial charge in [-0.2, -0.15) is 25.3 Å². The first-order chi connectivity index (χ1) is 35.1. The van der Waals surface area contributed by atoms with Crippen LogP contribution in [0.5, 0.6) is 5.75 Å². The SMILES string of the molecule is CC(C)C[C@H](NC(=O)[C@H](Cc1ccccc1)NC(=O)[C@H](Cc1ccc(O)cc1)NC(=O)CCS)C(=O)N[C@@H](CCC(N)=O)C(=O)N[C@@H](CS)C(=O)N1CCC[C@H]1C(=O)N[C@H](CCCN=C(N)N)C(=O)NCC(N)=O. The Hall–Kier alpha value is -7.09. The van der Waals surface area contributed by atoms with E-state index < -0.39 is 108 Å². The van der Waals surface area contributed by atoms with Crippen LogP contribution in [0.4, 0.5) is 0 Å². The van der Waals surface area contributed by atoms with Gasteiger partial charge in [0.25, 0.3) is 0 Å². The summed E-state index contributed by atoms with van der Waals surface area (Å²) >= 11 is 8.43. The molecule has 26 heteroatoms. The molecule has 0 aliphatic carbocycles. The number of nitrogens with one attached hydrogen (secondary N) is 7. The van der Waals surface area contributed by atoms with E-state index in [1.54, 1.807) is 56.3 Å². The Morgan fingerprint density at radius 3 is 1.80 bits per heavy atom. The summed E-state index contributed by atoms with van der Waals surface area (Å²) in [4.78, 5) is 139. The lowest BCUT2D eigenvalue weighted by molar-refractivity contribution is -0.142. The number of nitrogens with two attached hydrogens (primary N) is 4. The van der Waals surface area contributed by atoms with E-state index in [2.05, 4.69) is 67.5 Å². The summed E-state index contributed by atoms with van der Waals surface area (Å²) in [5, 5.41) is 28.1. The summed E-state index contributed by atoms with van der Waals surface area (Å²) < 4.78 is 0. The van der Waals surface area contributed by atoms with Crippen LogP contribution < -0.4 is 60.2 Å². The van der Waals surface area contributed by atoms with Crippen LogP contribution in [0.1, 0.15) is 76.3 Å². The normalized spacial score (nSPS) is 15.4. The predicted octanol–water partition coefficient (Wildman–Crippen LogP) is -2.71. The summed E-state index contributed by atoms with van der Waals surface area (Å²) in [5.74, 6) is -7.93. The average Bonchev–Trinajstić information content (AvgIpc) is 3.85. The number of carbonyl (C=O) groups excluding carboxylic acids is 10. The first-order valence-electron chi connectivity index (χ1n) is 24.2. The minimum absolute atomic E-state index is 0.000533. The van der Waals surface area contributed by atoms with Crippen LogP contribution in [-0.2, 0) is 60.8 Å². The molecule has 1 heterocycles. The molecule has 10 amide bonds. The highest BCUT2D eigenvalue weighted by Crippen LogP contribution is 2.20. The van der Waals surface area contributed by atoms with Crippen molar-refractivity contribution in [1.82, 2.24) is 42.1 Å². The second kappa shape index (κ2) is 31.5. The second-order valence-corrected chi connectivity index (χ2v) is 18.9. The number of benzene rings is 2. The van der Waals surface area contributed by atoms with Gasteiger partial charge in [0, 0.05) is 44.5 Å². The number of likely N-dealkylation sites (tertiary alicyclic amines) is 1. The molecule has 74 heavy (non-hydrogen) atoms. The zero-order valence-electron chi connectivity index (χ0n) is 41.5. The number of nitrogens with zero attached hydrogens (tertiary/aromatic N) is 2. The van der Waals surface area contributed by atoms with Crippen LogP contribution in [0.15, 0.2) is 59.6 Å². The van der Waals surface area contributed by atoms with Crippen LogP contribution in [-0.4, -0.2) is 148 Å². The number of rotatable bonds is 31. The van der Waals surface area contributed by atoms with Crippen molar-refractivity contribution in [3.63, 3.8) is 0 Å². The van der Waals surface area contributed by atoms with Crippen LogP contribution in [0, 0.1) is 5.92 Å². The Morgan fingerprint density at radius 1 is 0.662 bits per heavy atom. The quantitative estimate of drug-likeness (QED) is 0.0158. The molecule has 1 aliphatic heterocycles. The predicted molar refractivity (Wildman–Crippen MR) is 281 cm³/mol. The molecule has 1 saturated heterocycles. The summed E-state index contributed by atoms with van der Waals surface area (Å²) in [6, 6.07) is 5.87. The lowest BCUT2D eigenvalue weighted by atomic mass is 9.99. The number of hydrogen-bond donors (Lipinski definition) is 14. The smallest absolute Gasteiger partial charge is 0.246 e. The summed E-state index contributed by atoms with van der Waals surface area (Å²) in [7, 11) is 0. The third kappa shape index (κ3) is 21.6. The average molecular weight is 1070 g/mol. The third-order valence-electron chi connectivity index (χ3n) is 11.6. The first-order valence-corrected chi connectivity index (χ1v) is 25.4.